The summed E-state index contributed by atoms with van der Waals surface area (Å²) in [7, 11) is -3.72. The second kappa shape index (κ2) is 5.20. The van der Waals surface area contributed by atoms with Crippen molar-refractivity contribution in [3.8, 4) is 0 Å². The molecule has 116 valence electrons. The zero-order valence-electron chi connectivity index (χ0n) is 11.4. The minimum atomic E-state index is -3.72. The lowest BCUT2D eigenvalue weighted by Crippen LogP contribution is -2.47. The molecule has 1 spiro atoms. The number of hydrogen-bond donors (Lipinski definition) is 1. The molecule has 2 fully saturated rings. The molecule has 2 heterocycles. The summed E-state index contributed by atoms with van der Waals surface area (Å²) in [6.45, 7) is 1.65. The first-order chi connectivity index (χ1) is 9.93. The Balaban J connectivity index is 1.78. The van der Waals surface area contributed by atoms with Crippen molar-refractivity contribution in [3.63, 3.8) is 0 Å². The van der Waals surface area contributed by atoms with Gasteiger partial charge < -0.3 is 15.2 Å². The summed E-state index contributed by atoms with van der Waals surface area (Å²) in [6.07, 6.45) is 0.952. The lowest BCUT2D eigenvalue weighted by Gasteiger charge is -2.36. The summed E-state index contributed by atoms with van der Waals surface area (Å²) in [5, 5.41) is 0. The van der Waals surface area contributed by atoms with Crippen LogP contribution in [0.3, 0.4) is 0 Å². The Morgan fingerprint density at radius 2 is 1.81 bits per heavy atom. The van der Waals surface area contributed by atoms with Crippen molar-refractivity contribution in [2.24, 2.45) is 0 Å². The molecule has 0 unspecified atom stereocenters. The van der Waals surface area contributed by atoms with E-state index in [0.29, 0.717) is 26.1 Å². The number of ether oxygens (including phenoxy) is 2. The first kappa shape index (κ1) is 14.7. The number of rotatable bonds is 2. The molecule has 0 aromatic heterocycles. The van der Waals surface area contributed by atoms with Gasteiger partial charge in [-0.3, -0.25) is 0 Å². The maximum Gasteiger partial charge on any atom is 0.243 e. The molecule has 0 bridgehead atoms. The molecule has 0 saturated carbocycles. The summed E-state index contributed by atoms with van der Waals surface area (Å²) < 4.78 is 50.9. The van der Waals surface area contributed by atoms with Crippen molar-refractivity contribution >= 4 is 15.7 Å². The first-order valence-electron chi connectivity index (χ1n) is 6.76. The number of nitrogens with two attached hydrogens (primary N) is 1. The van der Waals surface area contributed by atoms with E-state index in [9.17, 15) is 12.8 Å². The molecule has 2 aliphatic rings. The minimum absolute atomic E-state index is 0.0701. The summed E-state index contributed by atoms with van der Waals surface area (Å²) in [5.41, 5.74) is 5.30. The van der Waals surface area contributed by atoms with Crippen LogP contribution in [0.15, 0.2) is 23.1 Å². The molecule has 0 aliphatic carbocycles. The van der Waals surface area contributed by atoms with Gasteiger partial charge in [-0.2, -0.15) is 4.31 Å². The third kappa shape index (κ3) is 2.64. The van der Waals surface area contributed by atoms with Crippen molar-refractivity contribution in [1.29, 1.82) is 0 Å². The fourth-order valence-corrected chi connectivity index (χ4v) is 4.12. The van der Waals surface area contributed by atoms with Gasteiger partial charge >= 0.3 is 0 Å². The van der Waals surface area contributed by atoms with Crippen LogP contribution in [0.25, 0.3) is 0 Å². The number of piperidine rings is 1. The average molecular weight is 316 g/mol. The van der Waals surface area contributed by atoms with Gasteiger partial charge in [0.05, 0.1) is 23.8 Å². The molecule has 0 atom stereocenters. The number of nitrogens with zero attached hydrogens (tertiary/aromatic N) is 1. The number of halogens is 1. The van der Waals surface area contributed by atoms with E-state index in [1.807, 2.05) is 0 Å². The van der Waals surface area contributed by atoms with E-state index >= 15 is 0 Å². The third-order valence-electron chi connectivity index (χ3n) is 3.91. The third-order valence-corrected chi connectivity index (χ3v) is 5.80. The van der Waals surface area contributed by atoms with E-state index in [-0.39, 0.29) is 23.7 Å². The van der Waals surface area contributed by atoms with E-state index in [1.54, 1.807) is 0 Å². The van der Waals surface area contributed by atoms with Crippen molar-refractivity contribution in [2.45, 2.75) is 23.5 Å². The quantitative estimate of drug-likeness (QED) is 0.821. The van der Waals surface area contributed by atoms with Gasteiger partial charge in [0.1, 0.15) is 5.82 Å². The molecule has 2 saturated heterocycles. The van der Waals surface area contributed by atoms with Gasteiger partial charge in [0.15, 0.2) is 5.79 Å². The van der Waals surface area contributed by atoms with Gasteiger partial charge in [-0.15, -0.1) is 0 Å². The standard InChI is InChI=1S/C13H17FN2O4S/c14-11-9-10(1-2-12(11)15)21(17,18)16-5-3-13(4-6-16)19-7-8-20-13/h1-2,9H,3-8,15H2. The van der Waals surface area contributed by atoms with E-state index in [1.165, 1.54) is 16.4 Å². The Morgan fingerprint density at radius 3 is 2.38 bits per heavy atom. The summed E-state index contributed by atoms with van der Waals surface area (Å²) in [6, 6.07) is 3.54. The van der Waals surface area contributed by atoms with Crippen molar-refractivity contribution in [3.05, 3.63) is 24.0 Å². The SMILES string of the molecule is Nc1ccc(S(=O)(=O)N2CCC3(CC2)OCCO3)cc1F. The van der Waals surface area contributed by atoms with Crippen LogP contribution in [0.2, 0.25) is 0 Å². The Morgan fingerprint density at radius 1 is 1.19 bits per heavy atom. The van der Waals surface area contributed by atoms with Crippen molar-refractivity contribution < 1.29 is 22.3 Å². The van der Waals surface area contributed by atoms with Crippen LogP contribution in [0.4, 0.5) is 10.1 Å². The molecule has 2 N–H and O–H groups in total. The van der Waals surface area contributed by atoms with E-state index < -0.39 is 21.6 Å². The predicted molar refractivity (Wildman–Crippen MR) is 73.4 cm³/mol. The number of hydrogen-bond acceptors (Lipinski definition) is 5. The van der Waals surface area contributed by atoms with Crippen LogP contribution in [0.5, 0.6) is 0 Å². The number of anilines is 1. The normalized spacial score (nSPS) is 22.7. The zero-order valence-corrected chi connectivity index (χ0v) is 12.2. The van der Waals surface area contributed by atoms with Gasteiger partial charge in [-0.25, -0.2) is 12.8 Å². The van der Waals surface area contributed by atoms with E-state index in [4.69, 9.17) is 15.2 Å². The van der Waals surface area contributed by atoms with Crippen LogP contribution in [0.1, 0.15) is 12.8 Å². The van der Waals surface area contributed by atoms with Crippen molar-refractivity contribution in [2.75, 3.05) is 32.0 Å². The topological polar surface area (TPSA) is 81.9 Å². The molecule has 8 heteroatoms. The Labute approximate surface area is 122 Å². The van der Waals surface area contributed by atoms with Crippen LogP contribution < -0.4 is 5.73 Å². The second-order valence-corrected chi connectivity index (χ2v) is 7.13. The van der Waals surface area contributed by atoms with Crippen LogP contribution in [-0.2, 0) is 19.5 Å². The molecule has 1 aromatic carbocycles. The van der Waals surface area contributed by atoms with Crippen LogP contribution in [-0.4, -0.2) is 44.8 Å². The highest BCUT2D eigenvalue weighted by atomic mass is 32.2. The van der Waals surface area contributed by atoms with E-state index in [2.05, 4.69) is 0 Å². The highest BCUT2D eigenvalue weighted by Gasteiger charge is 2.42. The van der Waals surface area contributed by atoms with Crippen LogP contribution in [0, 0.1) is 5.82 Å². The van der Waals surface area contributed by atoms with Gasteiger partial charge in [0.2, 0.25) is 10.0 Å². The molecular weight excluding hydrogens is 299 g/mol. The second-order valence-electron chi connectivity index (χ2n) is 5.20. The molecule has 2 aliphatic heterocycles. The molecule has 0 amide bonds. The van der Waals surface area contributed by atoms with Gasteiger partial charge in [0, 0.05) is 25.9 Å². The lowest BCUT2D eigenvalue weighted by atomic mass is 10.1. The minimum Gasteiger partial charge on any atom is -0.396 e. The summed E-state index contributed by atoms with van der Waals surface area (Å²) in [4.78, 5) is -0.0848. The highest BCUT2D eigenvalue weighted by Crippen LogP contribution is 2.33. The molecule has 1 aromatic rings. The average Bonchev–Trinajstić information content (AvgIpc) is 2.90. The lowest BCUT2D eigenvalue weighted by molar-refractivity contribution is -0.179. The van der Waals surface area contributed by atoms with Gasteiger partial charge in [-0.05, 0) is 18.2 Å². The Hall–Kier alpha value is -1.22. The van der Waals surface area contributed by atoms with Gasteiger partial charge in [0.25, 0.3) is 0 Å². The molecule has 6 nitrogen and oxygen atoms in total. The number of nitrogen functional groups attached to an aromatic ring is 1. The molecule has 3 rings (SSSR count). The van der Waals surface area contributed by atoms with Gasteiger partial charge in [-0.1, -0.05) is 0 Å². The summed E-state index contributed by atoms with van der Waals surface area (Å²) in [5.74, 6) is -1.37. The fourth-order valence-electron chi connectivity index (χ4n) is 2.67. The van der Waals surface area contributed by atoms with Crippen LogP contribution >= 0.6 is 0 Å². The Kier molecular flexibility index (Phi) is 3.64. The largest absolute Gasteiger partial charge is 0.396 e. The van der Waals surface area contributed by atoms with Crippen molar-refractivity contribution in [1.82, 2.24) is 4.31 Å². The molecular formula is C13H17FN2O4S. The zero-order chi connectivity index (χ0) is 15.1. The summed E-state index contributed by atoms with van der Waals surface area (Å²) >= 11 is 0. The number of benzene rings is 1. The Bertz CT molecular complexity index is 634. The maximum atomic E-state index is 13.5. The molecule has 0 radical (unpaired) electrons. The smallest absolute Gasteiger partial charge is 0.243 e. The maximum absolute atomic E-state index is 13.5. The predicted octanol–water partition coefficient (Wildman–Crippen LogP) is 0.935. The molecule has 21 heavy (non-hydrogen) atoms. The first-order valence-corrected chi connectivity index (χ1v) is 8.20. The monoisotopic (exact) mass is 316 g/mol. The highest BCUT2D eigenvalue weighted by molar-refractivity contribution is 7.89. The van der Waals surface area contributed by atoms with E-state index in [0.717, 1.165) is 6.07 Å². The number of sulfonamides is 1. The fraction of sp³-hybridized carbons (Fsp3) is 0.538.